The van der Waals surface area contributed by atoms with Crippen LogP contribution in [0.5, 0.6) is 5.75 Å². The van der Waals surface area contributed by atoms with Crippen LogP contribution in [0.1, 0.15) is 29.4 Å². The fourth-order valence-corrected chi connectivity index (χ4v) is 1.01. The number of alkyl halides is 2. The van der Waals surface area contributed by atoms with Gasteiger partial charge in [0.05, 0.1) is 18.4 Å². The van der Waals surface area contributed by atoms with Gasteiger partial charge in [-0.1, -0.05) is 0 Å². The van der Waals surface area contributed by atoms with Crippen LogP contribution >= 0.6 is 0 Å². The van der Waals surface area contributed by atoms with Gasteiger partial charge in [-0.15, -0.1) is 0 Å². The number of halogens is 2. The van der Waals surface area contributed by atoms with E-state index >= 15 is 0 Å². The third kappa shape index (κ3) is 2.61. The molecule has 82 valence electrons. The molecule has 6 heteroatoms. The summed E-state index contributed by atoms with van der Waals surface area (Å²) in [5.41, 5.74) is -1.10. The van der Waals surface area contributed by atoms with Gasteiger partial charge in [-0.3, -0.25) is 4.98 Å². The third-order valence-corrected chi connectivity index (χ3v) is 1.61. The lowest BCUT2D eigenvalue weighted by molar-refractivity contribution is 0.0513. The first-order chi connectivity index (χ1) is 7.06. The minimum absolute atomic E-state index is 0.0666. The van der Waals surface area contributed by atoms with Gasteiger partial charge in [0.2, 0.25) is 0 Å². The Balaban J connectivity index is 3.12. The number of ether oxygens (including phenoxy) is 1. The predicted octanol–water partition coefficient (Wildman–Crippen LogP) is 1.90. The molecule has 1 rings (SSSR count). The zero-order valence-corrected chi connectivity index (χ0v) is 7.91. The lowest BCUT2D eigenvalue weighted by Crippen LogP contribution is -2.09. The molecule has 0 fully saturated rings. The minimum Gasteiger partial charge on any atom is -0.506 e. The van der Waals surface area contributed by atoms with Crippen LogP contribution in [-0.2, 0) is 4.74 Å². The van der Waals surface area contributed by atoms with Crippen LogP contribution in [0.3, 0.4) is 0 Å². The fourth-order valence-electron chi connectivity index (χ4n) is 1.01. The van der Waals surface area contributed by atoms with Crippen molar-refractivity contribution in [2.45, 2.75) is 13.3 Å². The maximum atomic E-state index is 12.4. The summed E-state index contributed by atoms with van der Waals surface area (Å²) in [4.78, 5) is 14.5. The molecule has 1 N–H and O–H groups in total. The molecule has 0 aliphatic carbocycles. The van der Waals surface area contributed by atoms with Crippen LogP contribution < -0.4 is 0 Å². The lowest BCUT2D eigenvalue weighted by Gasteiger charge is -2.07. The van der Waals surface area contributed by atoms with Crippen molar-refractivity contribution in [3.8, 4) is 5.75 Å². The van der Waals surface area contributed by atoms with Crippen LogP contribution in [0.25, 0.3) is 0 Å². The second kappa shape index (κ2) is 4.68. The summed E-state index contributed by atoms with van der Waals surface area (Å²) >= 11 is 0. The molecule has 1 aromatic heterocycles. The van der Waals surface area contributed by atoms with Crippen molar-refractivity contribution in [2.75, 3.05) is 6.61 Å². The van der Waals surface area contributed by atoms with Gasteiger partial charge in [0, 0.05) is 0 Å². The number of hydrogen-bond acceptors (Lipinski definition) is 4. The molecule has 0 amide bonds. The Morgan fingerprint density at radius 1 is 1.67 bits per heavy atom. The monoisotopic (exact) mass is 217 g/mol. The molecule has 0 saturated heterocycles. The summed E-state index contributed by atoms with van der Waals surface area (Å²) in [7, 11) is 0. The molecule has 0 unspecified atom stereocenters. The van der Waals surface area contributed by atoms with Crippen molar-refractivity contribution in [3.05, 3.63) is 23.5 Å². The Kier molecular flexibility index (Phi) is 3.54. The number of nitrogens with zero attached hydrogens (tertiary/aromatic N) is 1. The SMILES string of the molecule is CCOC(=O)c1cc(O)cnc1C(F)F. The van der Waals surface area contributed by atoms with E-state index in [0.717, 1.165) is 12.3 Å². The van der Waals surface area contributed by atoms with Gasteiger partial charge in [0.25, 0.3) is 6.43 Å². The topological polar surface area (TPSA) is 59.4 Å². The quantitative estimate of drug-likeness (QED) is 0.785. The molecule has 0 bridgehead atoms. The predicted molar refractivity (Wildman–Crippen MR) is 46.8 cm³/mol. The normalized spacial score (nSPS) is 10.4. The highest BCUT2D eigenvalue weighted by Crippen LogP contribution is 2.24. The molecule has 0 aliphatic heterocycles. The van der Waals surface area contributed by atoms with Crippen molar-refractivity contribution in [1.29, 1.82) is 0 Å². The van der Waals surface area contributed by atoms with E-state index < -0.39 is 23.7 Å². The highest BCUT2D eigenvalue weighted by atomic mass is 19.3. The molecule has 15 heavy (non-hydrogen) atoms. The summed E-state index contributed by atoms with van der Waals surface area (Å²) in [5, 5.41) is 9.02. The third-order valence-electron chi connectivity index (χ3n) is 1.61. The molecule has 4 nitrogen and oxygen atoms in total. The highest BCUT2D eigenvalue weighted by molar-refractivity contribution is 5.91. The van der Waals surface area contributed by atoms with Gasteiger partial charge in [-0.2, -0.15) is 0 Å². The van der Waals surface area contributed by atoms with E-state index in [9.17, 15) is 13.6 Å². The van der Waals surface area contributed by atoms with E-state index in [1.165, 1.54) is 0 Å². The Labute approximate surface area is 84.5 Å². The zero-order chi connectivity index (χ0) is 11.4. The van der Waals surface area contributed by atoms with E-state index in [4.69, 9.17) is 5.11 Å². The molecular weight excluding hydrogens is 208 g/mol. The van der Waals surface area contributed by atoms with Gasteiger partial charge < -0.3 is 9.84 Å². The van der Waals surface area contributed by atoms with Crippen molar-refractivity contribution in [3.63, 3.8) is 0 Å². The van der Waals surface area contributed by atoms with Crippen LogP contribution in [-0.4, -0.2) is 22.7 Å². The van der Waals surface area contributed by atoms with E-state index in [2.05, 4.69) is 9.72 Å². The lowest BCUT2D eigenvalue weighted by atomic mass is 10.2. The van der Waals surface area contributed by atoms with Crippen molar-refractivity contribution in [1.82, 2.24) is 4.98 Å². The molecule has 1 heterocycles. The van der Waals surface area contributed by atoms with Crippen LogP contribution in [0, 0.1) is 0 Å². The molecule has 0 atom stereocenters. The van der Waals surface area contributed by atoms with Crippen LogP contribution in [0.4, 0.5) is 8.78 Å². The number of hydrogen-bond donors (Lipinski definition) is 1. The van der Waals surface area contributed by atoms with Crippen LogP contribution in [0.2, 0.25) is 0 Å². The highest BCUT2D eigenvalue weighted by Gasteiger charge is 2.21. The van der Waals surface area contributed by atoms with Gasteiger partial charge in [0.15, 0.2) is 0 Å². The molecule has 0 spiro atoms. The zero-order valence-electron chi connectivity index (χ0n) is 7.91. The van der Waals surface area contributed by atoms with E-state index in [-0.39, 0.29) is 12.4 Å². The molecule has 0 radical (unpaired) electrons. The molecule has 0 aliphatic rings. The average Bonchev–Trinajstić information content (AvgIpc) is 2.17. The van der Waals surface area contributed by atoms with Gasteiger partial charge in [-0.25, -0.2) is 13.6 Å². The van der Waals surface area contributed by atoms with Crippen molar-refractivity contribution in [2.24, 2.45) is 0 Å². The first-order valence-corrected chi connectivity index (χ1v) is 4.20. The smallest absolute Gasteiger partial charge is 0.340 e. The summed E-state index contributed by atoms with van der Waals surface area (Å²) < 4.78 is 29.4. The van der Waals surface area contributed by atoms with Gasteiger partial charge in [-0.05, 0) is 13.0 Å². The Hall–Kier alpha value is -1.72. The van der Waals surface area contributed by atoms with E-state index in [1.54, 1.807) is 6.92 Å². The molecule has 0 aromatic carbocycles. The Morgan fingerprint density at radius 2 is 2.33 bits per heavy atom. The van der Waals surface area contributed by atoms with Crippen molar-refractivity contribution >= 4 is 5.97 Å². The number of carbonyl (C=O) groups is 1. The Bertz CT molecular complexity index is 368. The molecule has 0 saturated carbocycles. The number of aromatic hydroxyl groups is 1. The maximum Gasteiger partial charge on any atom is 0.340 e. The first kappa shape index (κ1) is 11.4. The first-order valence-electron chi connectivity index (χ1n) is 4.20. The van der Waals surface area contributed by atoms with Gasteiger partial charge in [0.1, 0.15) is 11.4 Å². The van der Waals surface area contributed by atoms with Gasteiger partial charge >= 0.3 is 5.97 Å². The molecular formula is C9H9F2NO3. The largest absolute Gasteiger partial charge is 0.506 e. The van der Waals surface area contributed by atoms with E-state index in [1.807, 2.05) is 0 Å². The number of carbonyl (C=O) groups excluding carboxylic acids is 1. The van der Waals surface area contributed by atoms with E-state index in [0.29, 0.717) is 0 Å². The summed E-state index contributed by atoms with van der Waals surface area (Å²) in [5.74, 6) is -1.28. The number of pyridine rings is 1. The summed E-state index contributed by atoms with van der Waals surface area (Å²) in [6.45, 7) is 1.62. The molecule has 1 aromatic rings. The summed E-state index contributed by atoms with van der Waals surface area (Å²) in [6.07, 6.45) is -2.03. The van der Waals surface area contributed by atoms with Crippen LogP contribution in [0.15, 0.2) is 12.3 Å². The summed E-state index contributed by atoms with van der Waals surface area (Å²) in [6, 6.07) is 0.909. The average molecular weight is 217 g/mol. The number of esters is 1. The maximum absolute atomic E-state index is 12.4. The fraction of sp³-hybridized carbons (Fsp3) is 0.333. The Morgan fingerprint density at radius 3 is 2.87 bits per heavy atom. The number of rotatable bonds is 3. The standard InChI is InChI=1S/C9H9F2NO3/c1-2-15-9(14)6-3-5(13)4-12-7(6)8(10)11/h3-4,8,13H,2H2,1H3. The minimum atomic E-state index is -2.88. The second-order valence-electron chi connectivity index (χ2n) is 2.65. The second-order valence-corrected chi connectivity index (χ2v) is 2.65. The number of aromatic nitrogens is 1. The van der Waals surface area contributed by atoms with Crippen molar-refractivity contribution < 1.29 is 23.4 Å².